The van der Waals surface area contributed by atoms with Gasteiger partial charge in [0, 0.05) is 0 Å². The number of ether oxygens (including phenoxy) is 1. The molecule has 0 spiro atoms. The molecule has 0 aromatic rings. The fourth-order valence-corrected chi connectivity index (χ4v) is 2.81. The molecule has 0 aromatic heterocycles. The predicted octanol–water partition coefficient (Wildman–Crippen LogP) is 1.35. The standard InChI is InChI=1S/C11H23N2O3.Sn/c1-5-8(2)12-10(16-4)7-6-9(3)13-11(14)15;/h8-10,12-13H,1,5-7H2,2-4H3,(H,14,15);. The molecule has 0 rings (SSSR count). The van der Waals surface area contributed by atoms with Crippen LogP contribution in [0.3, 0.4) is 0 Å². The Morgan fingerprint density at radius 2 is 1.94 bits per heavy atom. The number of nitrogens with one attached hydrogen (secondary N) is 2. The van der Waals surface area contributed by atoms with Crippen LogP contribution in [-0.2, 0) is 4.74 Å². The van der Waals surface area contributed by atoms with Crippen molar-refractivity contribution in [3.63, 3.8) is 0 Å². The van der Waals surface area contributed by atoms with Crippen LogP contribution in [0.25, 0.3) is 0 Å². The van der Waals surface area contributed by atoms with E-state index in [9.17, 15) is 4.79 Å². The zero-order valence-corrected chi connectivity index (χ0v) is 13.7. The Hall–Kier alpha value is -0.0113. The van der Waals surface area contributed by atoms with Crippen molar-refractivity contribution in [2.24, 2.45) is 0 Å². The third-order valence-corrected chi connectivity index (χ3v) is 3.39. The van der Waals surface area contributed by atoms with Gasteiger partial charge < -0.3 is 0 Å². The average Bonchev–Trinajstić information content (AvgIpc) is 2.23. The summed E-state index contributed by atoms with van der Waals surface area (Å²) in [6.45, 7) is 4.01. The Balaban J connectivity index is 3.84. The number of methoxy groups -OCH3 is 1. The van der Waals surface area contributed by atoms with E-state index in [1.165, 1.54) is 4.44 Å². The molecule has 0 heterocycles. The van der Waals surface area contributed by atoms with Crippen molar-refractivity contribution in [3.8, 4) is 0 Å². The molecule has 6 heteroatoms. The third-order valence-electron chi connectivity index (χ3n) is 2.56. The molecule has 5 nitrogen and oxygen atoms in total. The van der Waals surface area contributed by atoms with E-state index < -0.39 is 6.09 Å². The zero-order valence-electron chi connectivity index (χ0n) is 10.8. The van der Waals surface area contributed by atoms with E-state index in [0.29, 0.717) is 6.04 Å². The molecule has 0 saturated heterocycles. The molecule has 3 N–H and O–H groups in total. The second-order valence-electron chi connectivity index (χ2n) is 4.26. The number of carboxylic acid groups (broad SMARTS) is 1. The first-order valence-corrected chi connectivity index (χ1v) is 7.94. The molecule has 3 radical (unpaired) electrons. The molecule has 0 aliphatic rings. The van der Waals surface area contributed by atoms with Gasteiger partial charge in [0.1, 0.15) is 0 Å². The van der Waals surface area contributed by atoms with Crippen LogP contribution in [0.2, 0.25) is 4.44 Å². The first-order valence-electron chi connectivity index (χ1n) is 5.92. The third kappa shape index (κ3) is 9.67. The molecule has 1 amide bonds. The molecule has 0 saturated carbocycles. The molecule has 0 aromatic carbocycles. The van der Waals surface area contributed by atoms with Crippen molar-refractivity contribution in [3.05, 3.63) is 0 Å². The maximum absolute atomic E-state index is 10.4. The second-order valence-corrected chi connectivity index (χ2v) is 5.69. The van der Waals surface area contributed by atoms with Gasteiger partial charge in [0.15, 0.2) is 0 Å². The number of rotatable bonds is 9. The minimum atomic E-state index is -0.970. The van der Waals surface area contributed by atoms with E-state index >= 15 is 0 Å². The second kappa shape index (κ2) is 9.96. The molecule has 0 aliphatic carbocycles. The summed E-state index contributed by atoms with van der Waals surface area (Å²) in [6.07, 6.45) is 1.76. The van der Waals surface area contributed by atoms with Crippen LogP contribution in [-0.4, -0.2) is 59.1 Å². The van der Waals surface area contributed by atoms with Crippen molar-refractivity contribution in [1.29, 1.82) is 0 Å². The van der Waals surface area contributed by atoms with Crippen LogP contribution in [0.1, 0.15) is 33.1 Å². The normalized spacial score (nSPS) is 16.2. The summed E-state index contributed by atoms with van der Waals surface area (Å²) < 4.78 is 6.57. The summed E-state index contributed by atoms with van der Waals surface area (Å²) in [5.41, 5.74) is 0. The fraction of sp³-hybridized carbons (Fsp3) is 0.909. The van der Waals surface area contributed by atoms with Crippen molar-refractivity contribution >= 4 is 28.6 Å². The van der Waals surface area contributed by atoms with Gasteiger partial charge in [0.05, 0.1) is 0 Å². The van der Waals surface area contributed by atoms with Crippen molar-refractivity contribution in [2.45, 2.75) is 55.9 Å². The monoisotopic (exact) mass is 351 g/mol. The molecule has 3 atom stereocenters. The first kappa shape index (κ1) is 17.0. The van der Waals surface area contributed by atoms with Crippen molar-refractivity contribution < 1.29 is 14.6 Å². The summed E-state index contributed by atoms with van der Waals surface area (Å²) >= 11 is 1.55. The summed E-state index contributed by atoms with van der Waals surface area (Å²) in [5, 5.41) is 14.4. The fourth-order valence-electron chi connectivity index (χ4n) is 1.57. The molecular formula is C11H23N2O3Sn. The number of hydrogen-bond acceptors (Lipinski definition) is 3. The van der Waals surface area contributed by atoms with Gasteiger partial charge in [-0.05, 0) is 0 Å². The van der Waals surface area contributed by atoms with E-state index in [-0.39, 0.29) is 12.3 Å². The maximum atomic E-state index is 10.4. The number of amides is 1. The molecular weight excluding hydrogens is 327 g/mol. The van der Waals surface area contributed by atoms with Gasteiger partial charge in [-0.1, -0.05) is 0 Å². The van der Waals surface area contributed by atoms with Gasteiger partial charge in [-0.3, -0.25) is 0 Å². The SMILES string of the molecule is COC(CCC(C)NC(=O)O)NC(C)C[CH2][Sn]. The summed E-state index contributed by atoms with van der Waals surface area (Å²) in [5.74, 6) is 0. The van der Waals surface area contributed by atoms with Gasteiger partial charge in [-0.2, -0.15) is 0 Å². The van der Waals surface area contributed by atoms with Crippen molar-refractivity contribution in [2.75, 3.05) is 7.11 Å². The number of carbonyl (C=O) groups is 1. The van der Waals surface area contributed by atoms with E-state index in [4.69, 9.17) is 9.84 Å². The van der Waals surface area contributed by atoms with Gasteiger partial charge in [0.2, 0.25) is 0 Å². The van der Waals surface area contributed by atoms with E-state index in [1.807, 2.05) is 6.92 Å². The predicted molar refractivity (Wildman–Crippen MR) is 68.4 cm³/mol. The van der Waals surface area contributed by atoms with Crippen LogP contribution >= 0.6 is 0 Å². The Morgan fingerprint density at radius 3 is 2.41 bits per heavy atom. The Labute approximate surface area is 117 Å². The van der Waals surface area contributed by atoms with Crippen molar-refractivity contribution in [1.82, 2.24) is 10.6 Å². The van der Waals surface area contributed by atoms with Crippen LogP contribution in [0, 0.1) is 0 Å². The van der Waals surface area contributed by atoms with Crippen LogP contribution < -0.4 is 10.6 Å². The topological polar surface area (TPSA) is 70.6 Å². The van der Waals surface area contributed by atoms with Gasteiger partial charge in [-0.25, -0.2) is 0 Å². The average molecular weight is 350 g/mol. The Morgan fingerprint density at radius 1 is 1.29 bits per heavy atom. The Bertz CT molecular complexity index is 217. The molecule has 3 unspecified atom stereocenters. The Kier molecular flexibility index (Phi) is 9.96. The molecule has 0 bridgehead atoms. The van der Waals surface area contributed by atoms with E-state index in [0.717, 1.165) is 19.3 Å². The minimum absolute atomic E-state index is 0.00500. The molecule has 0 fully saturated rings. The van der Waals surface area contributed by atoms with Gasteiger partial charge >= 0.3 is 117 Å². The zero-order chi connectivity index (χ0) is 13.3. The summed E-state index contributed by atoms with van der Waals surface area (Å²) in [7, 11) is 1.68. The molecule has 99 valence electrons. The first-order chi connectivity index (χ1) is 7.99. The number of hydrogen-bond donors (Lipinski definition) is 3. The molecule has 0 aliphatic heterocycles. The van der Waals surface area contributed by atoms with Crippen LogP contribution in [0.4, 0.5) is 4.79 Å². The van der Waals surface area contributed by atoms with Gasteiger partial charge in [-0.15, -0.1) is 0 Å². The van der Waals surface area contributed by atoms with Crippen LogP contribution in [0.5, 0.6) is 0 Å². The molecule has 17 heavy (non-hydrogen) atoms. The van der Waals surface area contributed by atoms with E-state index in [2.05, 4.69) is 17.6 Å². The van der Waals surface area contributed by atoms with E-state index in [1.54, 1.807) is 29.6 Å². The van der Waals surface area contributed by atoms with Gasteiger partial charge in [0.25, 0.3) is 0 Å². The summed E-state index contributed by atoms with van der Waals surface area (Å²) in [4.78, 5) is 10.4. The van der Waals surface area contributed by atoms with Crippen LogP contribution in [0.15, 0.2) is 0 Å². The summed E-state index contributed by atoms with van der Waals surface area (Å²) in [6, 6.07) is 0.403. The quantitative estimate of drug-likeness (QED) is 0.434.